The number of benzene rings is 3. The Balaban J connectivity index is 1.66. The van der Waals surface area contributed by atoms with Crippen molar-refractivity contribution in [3.63, 3.8) is 0 Å². The third-order valence-electron chi connectivity index (χ3n) is 5.10. The molecule has 0 bridgehead atoms. The SMILES string of the molecule is Cn1nc(COc2ccccc2CC(=O)O)c2cc(-c3cccc(CN)c3)ccc21. The van der Waals surface area contributed by atoms with E-state index in [9.17, 15) is 4.79 Å². The van der Waals surface area contributed by atoms with E-state index in [-0.39, 0.29) is 13.0 Å². The lowest BCUT2D eigenvalue weighted by Crippen LogP contribution is -2.04. The van der Waals surface area contributed by atoms with E-state index >= 15 is 0 Å². The monoisotopic (exact) mass is 401 g/mol. The van der Waals surface area contributed by atoms with Gasteiger partial charge in [0.25, 0.3) is 0 Å². The zero-order chi connectivity index (χ0) is 21.1. The van der Waals surface area contributed by atoms with Crippen molar-refractivity contribution in [3.8, 4) is 16.9 Å². The van der Waals surface area contributed by atoms with Gasteiger partial charge >= 0.3 is 5.97 Å². The highest BCUT2D eigenvalue weighted by atomic mass is 16.5. The van der Waals surface area contributed by atoms with Crippen LogP contribution in [0.25, 0.3) is 22.0 Å². The van der Waals surface area contributed by atoms with Crippen molar-refractivity contribution >= 4 is 16.9 Å². The Bertz CT molecular complexity index is 1210. The summed E-state index contributed by atoms with van der Waals surface area (Å²) in [5.74, 6) is -0.329. The highest BCUT2D eigenvalue weighted by molar-refractivity contribution is 5.87. The molecule has 1 aromatic heterocycles. The molecule has 0 unspecified atom stereocenters. The molecule has 0 saturated carbocycles. The van der Waals surface area contributed by atoms with E-state index in [1.807, 2.05) is 36.0 Å². The molecule has 0 radical (unpaired) electrons. The van der Waals surface area contributed by atoms with Crippen LogP contribution < -0.4 is 10.5 Å². The average molecular weight is 401 g/mol. The summed E-state index contributed by atoms with van der Waals surface area (Å²) >= 11 is 0. The van der Waals surface area contributed by atoms with Crippen molar-refractivity contribution in [1.29, 1.82) is 0 Å². The molecule has 3 aromatic carbocycles. The predicted molar refractivity (Wildman–Crippen MR) is 116 cm³/mol. The molecule has 0 atom stereocenters. The Labute approximate surface area is 174 Å². The van der Waals surface area contributed by atoms with Gasteiger partial charge in [0.05, 0.1) is 11.9 Å². The van der Waals surface area contributed by atoms with Crippen LogP contribution in [0.4, 0.5) is 0 Å². The number of carbonyl (C=O) groups is 1. The van der Waals surface area contributed by atoms with Gasteiger partial charge in [0.15, 0.2) is 0 Å². The summed E-state index contributed by atoms with van der Waals surface area (Å²) in [6.07, 6.45) is -0.0826. The Morgan fingerprint density at radius 1 is 1.07 bits per heavy atom. The quantitative estimate of drug-likeness (QED) is 0.490. The maximum absolute atomic E-state index is 11.1. The molecule has 0 fully saturated rings. The zero-order valence-electron chi connectivity index (χ0n) is 16.7. The zero-order valence-corrected chi connectivity index (χ0v) is 16.7. The molecule has 0 saturated heterocycles. The maximum Gasteiger partial charge on any atom is 0.307 e. The molecule has 0 aliphatic rings. The lowest BCUT2D eigenvalue weighted by atomic mass is 10.0. The second-order valence-corrected chi connectivity index (χ2v) is 7.17. The van der Waals surface area contributed by atoms with Crippen LogP contribution in [0.1, 0.15) is 16.8 Å². The van der Waals surface area contributed by atoms with Crippen LogP contribution in [-0.2, 0) is 31.4 Å². The Kier molecular flexibility index (Phi) is 5.50. The van der Waals surface area contributed by atoms with Gasteiger partial charge in [0.2, 0.25) is 0 Å². The van der Waals surface area contributed by atoms with E-state index < -0.39 is 5.97 Å². The second kappa shape index (κ2) is 8.39. The smallest absolute Gasteiger partial charge is 0.307 e. The van der Waals surface area contributed by atoms with E-state index in [2.05, 4.69) is 35.4 Å². The molecule has 3 N–H and O–H groups in total. The average Bonchev–Trinajstić information content (AvgIpc) is 3.08. The van der Waals surface area contributed by atoms with Gasteiger partial charge < -0.3 is 15.6 Å². The molecule has 0 spiro atoms. The molecule has 6 heteroatoms. The Hall–Kier alpha value is -3.64. The first-order valence-electron chi connectivity index (χ1n) is 9.72. The van der Waals surface area contributed by atoms with Crippen molar-refractivity contribution in [3.05, 3.63) is 83.6 Å². The standard InChI is InChI=1S/C24H23N3O3/c1-27-22-10-9-18(17-7-4-5-16(11-17)14-25)12-20(22)21(26-27)15-30-23-8-3-2-6-19(23)13-24(28)29/h2-12H,13-15,25H2,1H3,(H,28,29). The molecule has 4 rings (SSSR count). The van der Waals surface area contributed by atoms with Gasteiger partial charge in [-0.1, -0.05) is 42.5 Å². The topological polar surface area (TPSA) is 90.4 Å². The van der Waals surface area contributed by atoms with Crippen LogP contribution >= 0.6 is 0 Å². The fraction of sp³-hybridized carbons (Fsp3) is 0.167. The number of aryl methyl sites for hydroxylation is 1. The van der Waals surface area contributed by atoms with Gasteiger partial charge in [0.1, 0.15) is 18.1 Å². The minimum absolute atomic E-state index is 0.0826. The van der Waals surface area contributed by atoms with Gasteiger partial charge in [-0.15, -0.1) is 0 Å². The van der Waals surface area contributed by atoms with Crippen LogP contribution in [0.2, 0.25) is 0 Å². The van der Waals surface area contributed by atoms with Crippen molar-refractivity contribution in [2.75, 3.05) is 0 Å². The number of fused-ring (bicyclic) bond motifs is 1. The Morgan fingerprint density at radius 2 is 1.87 bits per heavy atom. The van der Waals surface area contributed by atoms with E-state index in [0.29, 0.717) is 17.9 Å². The number of ether oxygens (including phenoxy) is 1. The van der Waals surface area contributed by atoms with Crippen molar-refractivity contribution in [2.24, 2.45) is 12.8 Å². The molecular formula is C24H23N3O3. The number of rotatable bonds is 7. The molecular weight excluding hydrogens is 378 g/mol. The maximum atomic E-state index is 11.1. The molecule has 0 amide bonds. The molecule has 1 heterocycles. The summed E-state index contributed by atoms with van der Waals surface area (Å²) in [5.41, 5.74) is 11.5. The van der Waals surface area contributed by atoms with Crippen LogP contribution in [0.15, 0.2) is 66.7 Å². The van der Waals surface area contributed by atoms with Gasteiger partial charge in [-0.3, -0.25) is 9.48 Å². The van der Waals surface area contributed by atoms with E-state index in [0.717, 1.165) is 33.3 Å². The minimum Gasteiger partial charge on any atom is -0.487 e. The third kappa shape index (κ3) is 4.04. The van der Waals surface area contributed by atoms with Crippen LogP contribution in [0, 0.1) is 0 Å². The summed E-state index contributed by atoms with van der Waals surface area (Å²) in [6.45, 7) is 0.748. The Morgan fingerprint density at radius 3 is 2.67 bits per heavy atom. The third-order valence-corrected chi connectivity index (χ3v) is 5.10. The van der Waals surface area contributed by atoms with Crippen molar-refractivity contribution in [2.45, 2.75) is 19.6 Å². The number of carboxylic acid groups (broad SMARTS) is 1. The summed E-state index contributed by atoms with van der Waals surface area (Å²) in [7, 11) is 1.90. The molecule has 152 valence electrons. The summed E-state index contributed by atoms with van der Waals surface area (Å²) < 4.78 is 7.80. The van der Waals surface area contributed by atoms with Crippen molar-refractivity contribution < 1.29 is 14.6 Å². The van der Waals surface area contributed by atoms with E-state index in [1.54, 1.807) is 12.1 Å². The van der Waals surface area contributed by atoms with Gasteiger partial charge in [-0.2, -0.15) is 5.10 Å². The van der Waals surface area contributed by atoms with Crippen LogP contribution in [-0.4, -0.2) is 20.9 Å². The molecule has 0 aliphatic heterocycles. The molecule has 0 aliphatic carbocycles. The summed E-state index contributed by atoms with van der Waals surface area (Å²) in [5, 5.41) is 14.7. The number of nitrogens with two attached hydrogens (primary N) is 1. The summed E-state index contributed by atoms with van der Waals surface area (Å²) in [6, 6.07) is 21.6. The highest BCUT2D eigenvalue weighted by Crippen LogP contribution is 2.28. The number of para-hydroxylation sites is 1. The number of hydrogen-bond donors (Lipinski definition) is 2. The number of nitrogens with zero attached hydrogens (tertiary/aromatic N) is 2. The molecule has 30 heavy (non-hydrogen) atoms. The lowest BCUT2D eigenvalue weighted by Gasteiger charge is -2.09. The van der Waals surface area contributed by atoms with Crippen LogP contribution in [0.3, 0.4) is 0 Å². The van der Waals surface area contributed by atoms with E-state index in [1.165, 1.54) is 0 Å². The minimum atomic E-state index is -0.890. The second-order valence-electron chi connectivity index (χ2n) is 7.17. The van der Waals surface area contributed by atoms with Gasteiger partial charge in [-0.05, 0) is 41.0 Å². The summed E-state index contributed by atoms with van der Waals surface area (Å²) in [4.78, 5) is 11.1. The fourth-order valence-corrected chi connectivity index (χ4v) is 3.60. The van der Waals surface area contributed by atoms with Crippen LogP contribution in [0.5, 0.6) is 5.75 Å². The van der Waals surface area contributed by atoms with Gasteiger partial charge in [0, 0.05) is 24.5 Å². The first-order valence-corrected chi connectivity index (χ1v) is 9.72. The van der Waals surface area contributed by atoms with Gasteiger partial charge in [-0.25, -0.2) is 0 Å². The lowest BCUT2D eigenvalue weighted by molar-refractivity contribution is -0.136. The van der Waals surface area contributed by atoms with E-state index in [4.69, 9.17) is 15.6 Å². The fourth-order valence-electron chi connectivity index (χ4n) is 3.60. The first kappa shape index (κ1) is 19.7. The number of hydrogen-bond acceptors (Lipinski definition) is 4. The molecule has 4 aromatic rings. The highest BCUT2D eigenvalue weighted by Gasteiger charge is 2.13. The number of carboxylic acids is 1. The number of aliphatic carboxylic acids is 1. The number of aromatic nitrogens is 2. The largest absolute Gasteiger partial charge is 0.487 e. The first-order chi connectivity index (χ1) is 14.5. The van der Waals surface area contributed by atoms with Crippen molar-refractivity contribution in [1.82, 2.24) is 9.78 Å². The predicted octanol–water partition coefficient (Wildman–Crippen LogP) is 3.91. The molecule has 6 nitrogen and oxygen atoms in total. The normalized spacial score (nSPS) is 11.0.